The molecular formula is C9H14Cl2. The van der Waals surface area contributed by atoms with Gasteiger partial charge in [-0.3, -0.25) is 0 Å². The van der Waals surface area contributed by atoms with Crippen molar-refractivity contribution in [3.8, 4) is 0 Å². The molecule has 0 amide bonds. The molecule has 0 aromatic carbocycles. The Balaban J connectivity index is 2.08. The molecule has 0 aliphatic heterocycles. The van der Waals surface area contributed by atoms with E-state index in [-0.39, 0.29) is 4.84 Å². The van der Waals surface area contributed by atoms with Crippen molar-refractivity contribution < 1.29 is 0 Å². The second-order valence-electron chi connectivity index (χ2n) is 4.28. The molecule has 0 N–H and O–H groups in total. The molecule has 0 nitrogen and oxygen atoms in total. The van der Waals surface area contributed by atoms with Crippen LogP contribution in [0.3, 0.4) is 0 Å². The fraction of sp³-hybridized carbons (Fsp3) is 1.00. The maximum atomic E-state index is 5.93. The standard InChI is InChI=1S/C9H14Cl2/c1-9-5-6(9)3-2-4-7(9)8(10)11/h6-8H,2-5H2,1H3/t6-,7-,9+/m1/s1. The van der Waals surface area contributed by atoms with E-state index in [1.54, 1.807) is 0 Å². The molecule has 2 aliphatic rings. The van der Waals surface area contributed by atoms with Gasteiger partial charge < -0.3 is 0 Å². The van der Waals surface area contributed by atoms with Crippen molar-refractivity contribution >= 4 is 23.2 Å². The second-order valence-corrected chi connectivity index (χ2v) is 5.44. The van der Waals surface area contributed by atoms with Gasteiger partial charge in [0.25, 0.3) is 0 Å². The molecule has 2 rings (SSSR count). The number of rotatable bonds is 1. The summed E-state index contributed by atoms with van der Waals surface area (Å²) < 4.78 is 0. The molecule has 2 heteroatoms. The van der Waals surface area contributed by atoms with Gasteiger partial charge in [0.2, 0.25) is 0 Å². The van der Waals surface area contributed by atoms with E-state index < -0.39 is 0 Å². The zero-order valence-electron chi connectivity index (χ0n) is 6.82. The van der Waals surface area contributed by atoms with Crippen LogP contribution in [0.15, 0.2) is 0 Å². The molecular weight excluding hydrogens is 179 g/mol. The summed E-state index contributed by atoms with van der Waals surface area (Å²) in [4.78, 5) is -0.134. The predicted octanol–water partition coefficient (Wildman–Crippen LogP) is 3.62. The lowest BCUT2D eigenvalue weighted by Gasteiger charge is -2.29. The molecule has 0 spiro atoms. The molecule has 11 heavy (non-hydrogen) atoms. The maximum absolute atomic E-state index is 5.93. The molecule has 64 valence electrons. The monoisotopic (exact) mass is 192 g/mol. The summed E-state index contributed by atoms with van der Waals surface area (Å²) in [5.74, 6) is 1.52. The Kier molecular flexibility index (Phi) is 1.89. The summed E-state index contributed by atoms with van der Waals surface area (Å²) in [6.07, 6.45) is 5.35. The van der Waals surface area contributed by atoms with Gasteiger partial charge >= 0.3 is 0 Å². The van der Waals surface area contributed by atoms with Crippen molar-refractivity contribution in [2.75, 3.05) is 0 Å². The van der Waals surface area contributed by atoms with Gasteiger partial charge in [0.15, 0.2) is 0 Å². The van der Waals surface area contributed by atoms with E-state index in [0.717, 1.165) is 5.92 Å². The topological polar surface area (TPSA) is 0 Å². The molecule has 0 bridgehead atoms. The van der Waals surface area contributed by atoms with Crippen LogP contribution in [-0.2, 0) is 0 Å². The molecule has 0 unspecified atom stereocenters. The van der Waals surface area contributed by atoms with Gasteiger partial charge in [-0.15, -0.1) is 23.2 Å². The van der Waals surface area contributed by atoms with E-state index in [4.69, 9.17) is 23.2 Å². The van der Waals surface area contributed by atoms with E-state index in [9.17, 15) is 0 Å². The fourth-order valence-corrected chi connectivity index (χ4v) is 3.51. The molecule has 0 aromatic rings. The average molecular weight is 193 g/mol. The highest BCUT2D eigenvalue weighted by Crippen LogP contribution is 2.65. The lowest BCUT2D eigenvalue weighted by atomic mass is 9.80. The van der Waals surface area contributed by atoms with E-state index in [1.165, 1.54) is 25.7 Å². The highest BCUT2D eigenvalue weighted by atomic mass is 35.5. The van der Waals surface area contributed by atoms with Gasteiger partial charge in [-0.05, 0) is 36.5 Å². The van der Waals surface area contributed by atoms with Crippen molar-refractivity contribution in [3.63, 3.8) is 0 Å². The summed E-state index contributed by atoms with van der Waals surface area (Å²) in [5.41, 5.74) is 0.520. The average Bonchev–Trinajstić information content (AvgIpc) is 2.58. The predicted molar refractivity (Wildman–Crippen MR) is 49.0 cm³/mol. The van der Waals surface area contributed by atoms with Gasteiger partial charge in [0.1, 0.15) is 4.84 Å². The van der Waals surface area contributed by atoms with E-state index in [0.29, 0.717) is 11.3 Å². The first-order valence-electron chi connectivity index (χ1n) is 4.43. The van der Waals surface area contributed by atoms with E-state index >= 15 is 0 Å². The maximum Gasteiger partial charge on any atom is 0.111 e. The van der Waals surface area contributed by atoms with Crippen LogP contribution in [0.5, 0.6) is 0 Å². The number of hydrogen-bond donors (Lipinski definition) is 0. The number of fused-ring (bicyclic) bond motifs is 1. The van der Waals surface area contributed by atoms with Crippen LogP contribution in [0.4, 0.5) is 0 Å². The number of halogens is 2. The molecule has 2 fully saturated rings. The highest BCUT2D eigenvalue weighted by molar-refractivity contribution is 6.44. The van der Waals surface area contributed by atoms with Crippen LogP contribution in [-0.4, -0.2) is 4.84 Å². The van der Waals surface area contributed by atoms with Gasteiger partial charge in [-0.1, -0.05) is 13.3 Å². The van der Waals surface area contributed by atoms with Crippen LogP contribution in [0.1, 0.15) is 32.6 Å². The molecule has 2 saturated carbocycles. The third kappa shape index (κ3) is 1.19. The van der Waals surface area contributed by atoms with Crippen molar-refractivity contribution in [2.45, 2.75) is 37.4 Å². The summed E-state index contributed by atoms with van der Waals surface area (Å²) in [7, 11) is 0. The summed E-state index contributed by atoms with van der Waals surface area (Å²) in [5, 5.41) is 0. The van der Waals surface area contributed by atoms with Gasteiger partial charge in [0, 0.05) is 0 Å². The third-order valence-electron chi connectivity index (χ3n) is 3.68. The Morgan fingerprint density at radius 3 is 2.64 bits per heavy atom. The number of alkyl halides is 2. The molecule has 2 aliphatic carbocycles. The smallest absolute Gasteiger partial charge is 0.105 e. The summed E-state index contributed by atoms with van der Waals surface area (Å²) in [6, 6.07) is 0. The van der Waals surface area contributed by atoms with Gasteiger partial charge in [-0.25, -0.2) is 0 Å². The molecule has 3 atom stereocenters. The highest BCUT2D eigenvalue weighted by Gasteiger charge is 2.57. The van der Waals surface area contributed by atoms with Crippen LogP contribution in [0, 0.1) is 17.3 Å². The Morgan fingerprint density at radius 1 is 1.36 bits per heavy atom. The number of hydrogen-bond acceptors (Lipinski definition) is 0. The second kappa shape index (κ2) is 2.53. The minimum Gasteiger partial charge on any atom is -0.105 e. The molecule has 0 saturated heterocycles. The minimum absolute atomic E-state index is 0.134. The first-order valence-corrected chi connectivity index (χ1v) is 5.30. The first kappa shape index (κ1) is 8.19. The normalized spacial score (nSPS) is 49.1. The minimum atomic E-state index is -0.134. The fourth-order valence-electron chi connectivity index (χ4n) is 2.69. The van der Waals surface area contributed by atoms with Crippen LogP contribution >= 0.6 is 23.2 Å². The summed E-state index contributed by atoms with van der Waals surface area (Å²) in [6.45, 7) is 2.35. The molecule has 0 heterocycles. The van der Waals surface area contributed by atoms with Crippen LogP contribution in [0.25, 0.3) is 0 Å². The van der Waals surface area contributed by atoms with Crippen molar-refractivity contribution in [2.24, 2.45) is 17.3 Å². The first-order chi connectivity index (χ1) is 5.14. The molecule has 0 radical (unpaired) electrons. The van der Waals surface area contributed by atoms with Gasteiger partial charge in [0.05, 0.1) is 0 Å². The Labute approximate surface area is 78.3 Å². The lowest BCUT2D eigenvalue weighted by Crippen LogP contribution is -2.24. The van der Waals surface area contributed by atoms with Crippen molar-refractivity contribution in [1.82, 2.24) is 0 Å². The SMILES string of the molecule is C[C@]12C[C@H]1CCC[C@@H]2C(Cl)Cl. The Hall–Kier alpha value is 0.580. The summed E-state index contributed by atoms with van der Waals surface area (Å²) >= 11 is 11.9. The van der Waals surface area contributed by atoms with Gasteiger partial charge in [-0.2, -0.15) is 0 Å². The quantitative estimate of drug-likeness (QED) is 0.558. The zero-order valence-corrected chi connectivity index (χ0v) is 8.33. The van der Waals surface area contributed by atoms with Crippen LogP contribution < -0.4 is 0 Å². The van der Waals surface area contributed by atoms with Crippen LogP contribution in [0.2, 0.25) is 0 Å². The van der Waals surface area contributed by atoms with E-state index in [1.807, 2.05) is 0 Å². The zero-order chi connectivity index (χ0) is 8.06. The Morgan fingerprint density at radius 2 is 2.09 bits per heavy atom. The van der Waals surface area contributed by atoms with Crippen molar-refractivity contribution in [1.29, 1.82) is 0 Å². The molecule has 0 aromatic heterocycles. The van der Waals surface area contributed by atoms with E-state index in [2.05, 4.69) is 6.92 Å². The Bertz CT molecular complexity index is 167. The lowest BCUT2D eigenvalue weighted by molar-refractivity contribution is 0.249. The van der Waals surface area contributed by atoms with Crippen molar-refractivity contribution in [3.05, 3.63) is 0 Å². The largest absolute Gasteiger partial charge is 0.111 e. The third-order valence-corrected chi connectivity index (χ3v) is 4.29.